The Labute approximate surface area is 143 Å². The molecule has 1 aliphatic rings. The fourth-order valence-corrected chi connectivity index (χ4v) is 3.18. The summed E-state index contributed by atoms with van der Waals surface area (Å²) in [5, 5.41) is 0. The fourth-order valence-electron chi connectivity index (χ4n) is 3.18. The Bertz CT molecular complexity index is 687. The Hall–Kier alpha value is -2.33. The van der Waals surface area contributed by atoms with Crippen molar-refractivity contribution in [2.45, 2.75) is 31.9 Å². The lowest BCUT2D eigenvalue weighted by molar-refractivity contribution is -0.144. The maximum absolute atomic E-state index is 12.8. The van der Waals surface area contributed by atoms with Crippen molar-refractivity contribution in [2.75, 3.05) is 18.9 Å². The first kappa shape index (κ1) is 16.5. The van der Waals surface area contributed by atoms with E-state index in [4.69, 9.17) is 10.5 Å². The monoisotopic (exact) mass is 324 g/mol. The number of para-hydroxylation sites is 1. The van der Waals surface area contributed by atoms with Crippen LogP contribution in [0.3, 0.4) is 0 Å². The van der Waals surface area contributed by atoms with Gasteiger partial charge in [0.15, 0.2) is 0 Å². The number of carbonyl (C=O) groups is 1. The van der Waals surface area contributed by atoms with Crippen LogP contribution in [-0.4, -0.2) is 30.1 Å². The Morgan fingerprint density at radius 3 is 2.62 bits per heavy atom. The van der Waals surface area contributed by atoms with Gasteiger partial charge in [-0.15, -0.1) is 0 Å². The maximum Gasteiger partial charge on any atom is 0.223 e. The smallest absolute Gasteiger partial charge is 0.223 e. The minimum atomic E-state index is -0.0111. The number of hydrogen-bond acceptors (Lipinski definition) is 3. The van der Waals surface area contributed by atoms with Gasteiger partial charge < -0.3 is 15.4 Å². The molecule has 0 aliphatic carbocycles. The van der Waals surface area contributed by atoms with Gasteiger partial charge in [0.25, 0.3) is 0 Å². The van der Waals surface area contributed by atoms with Crippen molar-refractivity contribution in [2.24, 2.45) is 0 Å². The lowest BCUT2D eigenvalue weighted by Crippen LogP contribution is -2.46. The number of anilines is 1. The van der Waals surface area contributed by atoms with Crippen LogP contribution >= 0.6 is 0 Å². The third-order valence-electron chi connectivity index (χ3n) is 4.54. The van der Waals surface area contributed by atoms with Gasteiger partial charge in [0.1, 0.15) is 0 Å². The van der Waals surface area contributed by atoms with Crippen LogP contribution in [0.1, 0.15) is 30.5 Å². The number of nitrogen functional groups attached to an aromatic ring is 1. The average molecular weight is 324 g/mol. The van der Waals surface area contributed by atoms with Crippen molar-refractivity contribution < 1.29 is 9.53 Å². The molecule has 126 valence electrons. The van der Waals surface area contributed by atoms with E-state index in [1.165, 1.54) is 0 Å². The Morgan fingerprint density at radius 1 is 1.17 bits per heavy atom. The lowest BCUT2D eigenvalue weighted by Gasteiger charge is -2.39. The predicted octanol–water partition coefficient (Wildman–Crippen LogP) is 3.19. The van der Waals surface area contributed by atoms with Crippen LogP contribution in [0.2, 0.25) is 0 Å². The first-order chi connectivity index (χ1) is 11.6. The Balaban J connectivity index is 1.71. The van der Waals surface area contributed by atoms with E-state index in [1.807, 2.05) is 54.3 Å². The summed E-state index contributed by atoms with van der Waals surface area (Å²) in [7, 11) is 0. The summed E-state index contributed by atoms with van der Waals surface area (Å²) < 4.78 is 5.79. The molecule has 0 saturated carbocycles. The van der Waals surface area contributed by atoms with E-state index in [0.717, 1.165) is 16.8 Å². The second-order valence-corrected chi connectivity index (χ2v) is 6.32. The number of morpholine rings is 1. The van der Waals surface area contributed by atoms with Crippen LogP contribution in [0.15, 0.2) is 54.6 Å². The van der Waals surface area contributed by atoms with Gasteiger partial charge in [-0.3, -0.25) is 4.79 Å². The number of ether oxygens (including phenoxy) is 1. The molecule has 1 fully saturated rings. The minimum Gasteiger partial charge on any atom is -0.399 e. The Morgan fingerprint density at radius 2 is 1.88 bits per heavy atom. The lowest BCUT2D eigenvalue weighted by atomic mass is 10.0. The summed E-state index contributed by atoms with van der Waals surface area (Å²) in [6.07, 6.45) is 1.19. The summed E-state index contributed by atoms with van der Waals surface area (Å²) in [6, 6.07) is 17.8. The van der Waals surface area contributed by atoms with Crippen LogP contribution in [0.25, 0.3) is 0 Å². The standard InChI is InChI=1S/C20H24N2O2/c1-15-13-22(19(14-24-15)17-8-3-2-4-9-17)20(23)12-11-16-7-5-6-10-18(16)21/h2-10,15,19H,11-14,21H2,1H3. The summed E-state index contributed by atoms with van der Waals surface area (Å²) >= 11 is 0. The van der Waals surface area contributed by atoms with Crippen LogP contribution < -0.4 is 5.73 Å². The predicted molar refractivity (Wildman–Crippen MR) is 95.5 cm³/mol. The minimum absolute atomic E-state index is 0.0111. The molecule has 0 bridgehead atoms. The second-order valence-electron chi connectivity index (χ2n) is 6.32. The molecule has 2 unspecified atom stereocenters. The molecule has 4 heteroatoms. The zero-order valence-electron chi connectivity index (χ0n) is 14.0. The maximum atomic E-state index is 12.8. The van der Waals surface area contributed by atoms with Crippen LogP contribution in [0, 0.1) is 0 Å². The van der Waals surface area contributed by atoms with Crippen molar-refractivity contribution in [3.05, 3.63) is 65.7 Å². The molecule has 2 aromatic rings. The van der Waals surface area contributed by atoms with Gasteiger partial charge in [0.05, 0.1) is 18.8 Å². The highest BCUT2D eigenvalue weighted by molar-refractivity contribution is 5.77. The van der Waals surface area contributed by atoms with E-state index in [1.54, 1.807) is 0 Å². The number of benzene rings is 2. The van der Waals surface area contributed by atoms with Crippen LogP contribution in [0.4, 0.5) is 5.69 Å². The van der Waals surface area contributed by atoms with Gasteiger partial charge in [-0.05, 0) is 30.5 Å². The molecule has 2 atom stereocenters. The van der Waals surface area contributed by atoms with Crippen molar-refractivity contribution >= 4 is 11.6 Å². The van der Waals surface area contributed by atoms with Gasteiger partial charge in [-0.1, -0.05) is 48.5 Å². The second kappa shape index (κ2) is 7.49. The normalized spacial score (nSPS) is 20.8. The third-order valence-corrected chi connectivity index (χ3v) is 4.54. The largest absolute Gasteiger partial charge is 0.399 e. The molecule has 24 heavy (non-hydrogen) atoms. The molecule has 2 aromatic carbocycles. The third kappa shape index (κ3) is 3.77. The van der Waals surface area contributed by atoms with E-state index < -0.39 is 0 Å². The molecule has 0 aromatic heterocycles. The molecule has 1 aliphatic heterocycles. The highest BCUT2D eigenvalue weighted by Crippen LogP contribution is 2.27. The molecular weight excluding hydrogens is 300 g/mol. The fraction of sp³-hybridized carbons (Fsp3) is 0.350. The van der Waals surface area contributed by atoms with E-state index in [2.05, 4.69) is 12.1 Å². The summed E-state index contributed by atoms with van der Waals surface area (Å²) in [5.74, 6) is 0.155. The van der Waals surface area contributed by atoms with E-state index in [-0.39, 0.29) is 18.1 Å². The van der Waals surface area contributed by atoms with Crippen LogP contribution in [-0.2, 0) is 16.0 Å². The van der Waals surface area contributed by atoms with Gasteiger partial charge in [-0.2, -0.15) is 0 Å². The summed E-state index contributed by atoms with van der Waals surface area (Å²) in [6.45, 7) is 3.18. The molecule has 0 radical (unpaired) electrons. The topological polar surface area (TPSA) is 55.6 Å². The summed E-state index contributed by atoms with van der Waals surface area (Å²) in [4.78, 5) is 14.8. The number of nitrogens with zero attached hydrogens (tertiary/aromatic N) is 1. The molecule has 2 N–H and O–H groups in total. The number of carbonyl (C=O) groups excluding carboxylic acids is 1. The number of amides is 1. The number of nitrogens with two attached hydrogens (primary N) is 1. The molecule has 1 amide bonds. The van der Waals surface area contributed by atoms with Crippen molar-refractivity contribution in [3.8, 4) is 0 Å². The molecule has 0 spiro atoms. The number of hydrogen-bond donors (Lipinski definition) is 1. The zero-order chi connectivity index (χ0) is 16.9. The number of aryl methyl sites for hydroxylation is 1. The van der Waals surface area contributed by atoms with Crippen molar-refractivity contribution in [3.63, 3.8) is 0 Å². The molecule has 1 heterocycles. The molecule has 1 saturated heterocycles. The molecular formula is C20H24N2O2. The SMILES string of the molecule is CC1CN(C(=O)CCc2ccccc2N)C(c2ccccc2)CO1. The molecule has 4 nitrogen and oxygen atoms in total. The number of rotatable bonds is 4. The van der Waals surface area contributed by atoms with Gasteiger partial charge >= 0.3 is 0 Å². The van der Waals surface area contributed by atoms with Gasteiger partial charge in [0.2, 0.25) is 5.91 Å². The van der Waals surface area contributed by atoms with E-state index >= 15 is 0 Å². The van der Waals surface area contributed by atoms with Gasteiger partial charge in [-0.25, -0.2) is 0 Å². The van der Waals surface area contributed by atoms with E-state index in [9.17, 15) is 4.79 Å². The highest BCUT2D eigenvalue weighted by Gasteiger charge is 2.31. The quantitative estimate of drug-likeness (QED) is 0.879. The first-order valence-electron chi connectivity index (χ1n) is 8.44. The highest BCUT2D eigenvalue weighted by atomic mass is 16.5. The first-order valence-corrected chi connectivity index (χ1v) is 8.44. The van der Waals surface area contributed by atoms with Crippen molar-refractivity contribution in [1.82, 2.24) is 4.90 Å². The molecule has 3 rings (SSSR count). The van der Waals surface area contributed by atoms with Gasteiger partial charge in [0, 0.05) is 18.7 Å². The average Bonchev–Trinajstić information content (AvgIpc) is 2.61. The van der Waals surface area contributed by atoms with E-state index in [0.29, 0.717) is 26.0 Å². The Kier molecular flexibility index (Phi) is 5.16. The summed E-state index contributed by atoms with van der Waals surface area (Å²) in [5.41, 5.74) is 8.88. The van der Waals surface area contributed by atoms with Crippen LogP contribution in [0.5, 0.6) is 0 Å². The zero-order valence-corrected chi connectivity index (χ0v) is 14.0. The van der Waals surface area contributed by atoms with Crippen molar-refractivity contribution in [1.29, 1.82) is 0 Å².